The van der Waals surface area contributed by atoms with Crippen LogP contribution in [0.1, 0.15) is 25.3 Å². The number of unbranched alkanes of at least 4 members (excludes halogenated alkanes) is 1. The molecule has 15 heavy (non-hydrogen) atoms. The van der Waals surface area contributed by atoms with Gasteiger partial charge in [0, 0.05) is 0 Å². The van der Waals surface area contributed by atoms with Crippen molar-refractivity contribution in [3.63, 3.8) is 0 Å². The van der Waals surface area contributed by atoms with Crippen LogP contribution < -0.4 is 0 Å². The van der Waals surface area contributed by atoms with Gasteiger partial charge in [0.2, 0.25) is 0 Å². The molecule has 1 aromatic rings. The normalized spacial score (nSPS) is 10.0. The summed E-state index contributed by atoms with van der Waals surface area (Å²) in [5, 5.41) is 0. The molecule has 3 heteroatoms. The number of carbonyl (C=O) groups is 1. The van der Waals surface area contributed by atoms with Gasteiger partial charge in [-0.25, -0.2) is 4.39 Å². The van der Waals surface area contributed by atoms with Gasteiger partial charge in [-0.15, -0.1) is 0 Å². The highest BCUT2D eigenvalue weighted by Crippen LogP contribution is 2.07. The topological polar surface area (TPSA) is 26.3 Å². The minimum atomic E-state index is -0.367. The maximum atomic E-state index is 13.1. The lowest BCUT2D eigenvalue weighted by molar-refractivity contribution is -0.142. The first-order chi connectivity index (χ1) is 7.24. The van der Waals surface area contributed by atoms with Gasteiger partial charge in [-0.05, 0) is 18.1 Å². The van der Waals surface area contributed by atoms with Crippen molar-refractivity contribution in [3.05, 3.63) is 35.6 Å². The number of rotatable bonds is 5. The summed E-state index contributed by atoms with van der Waals surface area (Å²) in [6.45, 7) is 2.44. The number of ether oxygens (including phenoxy) is 1. The van der Waals surface area contributed by atoms with E-state index in [4.69, 9.17) is 4.74 Å². The van der Waals surface area contributed by atoms with E-state index in [0.29, 0.717) is 12.2 Å². The molecule has 1 aromatic carbocycles. The van der Waals surface area contributed by atoms with Crippen LogP contribution >= 0.6 is 0 Å². The van der Waals surface area contributed by atoms with Crippen molar-refractivity contribution in [2.75, 3.05) is 6.61 Å². The van der Waals surface area contributed by atoms with E-state index in [1.807, 2.05) is 6.92 Å². The minimum absolute atomic E-state index is 0.0103. The van der Waals surface area contributed by atoms with Gasteiger partial charge in [0.1, 0.15) is 5.82 Å². The highest BCUT2D eigenvalue weighted by Gasteiger charge is 2.07. The molecule has 2 nitrogen and oxygen atoms in total. The van der Waals surface area contributed by atoms with Crippen LogP contribution in [0.3, 0.4) is 0 Å². The van der Waals surface area contributed by atoms with E-state index in [9.17, 15) is 9.18 Å². The Kier molecular flexibility index (Phi) is 4.81. The average Bonchev–Trinajstić information content (AvgIpc) is 2.22. The highest BCUT2D eigenvalue weighted by molar-refractivity contribution is 5.72. The molecule has 0 aliphatic heterocycles. The maximum Gasteiger partial charge on any atom is 0.310 e. The number of halogens is 1. The summed E-state index contributed by atoms with van der Waals surface area (Å²) in [6.07, 6.45) is 1.84. The van der Waals surface area contributed by atoms with Gasteiger partial charge in [-0.3, -0.25) is 4.79 Å². The Morgan fingerprint density at radius 2 is 2.13 bits per heavy atom. The van der Waals surface area contributed by atoms with Gasteiger partial charge < -0.3 is 4.74 Å². The van der Waals surface area contributed by atoms with Gasteiger partial charge in [0.25, 0.3) is 0 Å². The SMILES string of the molecule is CCCCOC(=O)Cc1ccccc1F. The molecule has 0 heterocycles. The second-order valence-corrected chi connectivity index (χ2v) is 3.34. The van der Waals surface area contributed by atoms with E-state index in [2.05, 4.69) is 0 Å². The van der Waals surface area contributed by atoms with Crippen LogP contribution in [0.5, 0.6) is 0 Å². The first-order valence-corrected chi connectivity index (χ1v) is 5.13. The van der Waals surface area contributed by atoms with E-state index >= 15 is 0 Å². The summed E-state index contributed by atoms with van der Waals surface area (Å²) >= 11 is 0. The number of benzene rings is 1. The first-order valence-electron chi connectivity index (χ1n) is 5.13. The lowest BCUT2D eigenvalue weighted by Crippen LogP contribution is -2.09. The maximum absolute atomic E-state index is 13.1. The molecule has 0 N–H and O–H groups in total. The summed E-state index contributed by atoms with van der Waals surface area (Å²) in [4.78, 5) is 11.3. The second-order valence-electron chi connectivity index (χ2n) is 3.34. The standard InChI is InChI=1S/C12H15FO2/c1-2-3-8-15-12(14)9-10-6-4-5-7-11(10)13/h4-7H,2-3,8-9H2,1H3. The summed E-state index contributed by atoms with van der Waals surface area (Å²) < 4.78 is 18.1. The van der Waals surface area contributed by atoms with E-state index < -0.39 is 0 Å². The fourth-order valence-corrected chi connectivity index (χ4v) is 1.18. The second kappa shape index (κ2) is 6.17. The quantitative estimate of drug-likeness (QED) is 0.551. The van der Waals surface area contributed by atoms with Crippen molar-refractivity contribution >= 4 is 5.97 Å². The van der Waals surface area contributed by atoms with E-state index in [1.54, 1.807) is 18.2 Å². The third-order valence-electron chi connectivity index (χ3n) is 2.05. The molecule has 0 radical (unpaired) electrons. The lowest BCUT2D eigenvalue weighted by Gasteiger charge is -2.04. The molecule has 0 saturated heterocycles. The third kappa shape index (κ3) is 4.11. The zero-order valence-electron chi connectivity index (χ0n) is 8.83. The Hall–Kier alpha value is -1.38. The number of hydrogen-bond acceptors (Lipinski definition) is 2. The molecule has 0 aliphatic rings. The van der Waals surface area contributed by atoms with Crippen LogP contribution in [0.2, 0.25) is 0 Å². The summed E-state index contributed by atoms with van der Waals surface area (Å²) in [7, 11) is 0. The highest BCUT2D eigenvalue weighted by atomic mass is 19.1. The van der Waals surface area contributed by atoms with Crippen molar-refractivity contribution < 1.29 is 13.9 Å². The van der Waals surface area contributed by atoms with Gasteiger partial charge in [0.05, 0.1) is 13.0 Å². The monoisotopic (exact) mass is 210 g/mol. The molecule has 1 rings (SSSR count). The Morgan fingerprint density at radius 1 is 1.40 bits per heavy atom. The molecule has 0 unspecified atom stereocenters. The van der Waals surface area contributed by atoms with Crippen LogP contribution in [0, 0.1) is 5.82 Å². The van der Waals surface area contributed by atoms with Crippen LogP contribution in [0.4, 0.5) is 4.39 Å². The van der Waals surface area contributed by atoms with Crippen molar-refractivity contribution in [3.8, 4) is 0 Å². The van der Waals surface area contributed by atoms with Crippen LogP contribution in [-0.2, 0) is 16.0 Å². The van der Waals surface area contributed by atoms with Crippen molar-refractivity contribution in [1.82, 2.24) is 0 Å². The predicted octanol–water partition coefficient (Wildman–Crippen LogP) is 2.71. The van der Waals surface area contributed by atoms with E-state index in [1.165, 1.54) is 6.07 Å². The zero-order chi connectivity index (χ0) is 11.1. The lowest BCUT2D eigenvalue weighted by atomic mass is 10.1. The van der Waals surface area contributed by atoms with Gasteiger partial charge in [-0.2, -0.15) is 0 Å². The van der Waals surface area contributed by atoms with Crippen molar-refractivity contribution in [2.45, 2.75) is 26.2 Å². The van der Waals surface area contributed by atoms with E-state index in [0.717, 1.165) is 12.8 Å². The number of hydrogen-bond donors (Lipinski definition) is 0. The molecule has 0 bridgehead atoms. The Morgan fingerprint density at radius 3 is 2.80 bits per heavy atom. The zero-order valence-corrected chi connectivity index (χ0v) is 8.83. The average molecular weight is 210 g/mol. The fraction of sp³-hybridized carbons (Fsp3) is 0.417. The summed E-state index contributed by atoms with van der Waals surface area (Å²) in [6, 6.07) is 6.24. The van der Waals surface area contributed by atoms with Crippen molar-refractivity contribution in [2.24, 2.45) is 0 Å². The van der Waals surface area contributed by atoms with Crippen molar-refractivity contribution in [1.29, 1.82) is 0 Å². The molecular formula is C12H15FO2. The minimum Gasteiger partial charge on any atom is -0.465 e. The molecule has 0 amide bonds. The smallest absolute Gasteiger partial charge is 0.310 e. The van der Waals surface area contributed by atoms with Gasteiger partial charge in [0.15, 0.2) is 0 Å². The van der Waals surface area contributed by atoms with E-state index in [-0.39, 0.29) is 18.2 Å². The van der Waals surface area contributed by atoms with Crippen LogP contribution in [-0.4, -0.2) is 12.6 Å². The molecule has 82 valence electrons. The van der Waals surface area contributed by atoms with Crippen LogP contribution in [0.15, 0.2) is 24.3 Å². The largest absolute Gasteiger partial charge is 0.465 e. The first kappa shape index (κ1) is 11.7. The summed E-state index contributed by atoms with van der Waals surface area (Å²) in [5.41, 5.74) is 0.388. The molecule has 0 atom stereocenters. The number of esters is 1. The fourth-order valence-electron chi connectivity index (χ4n) is 1.18. The molecule has 0 aromatic heterocycles. The third-order valence-corrected chi connectivity index (χ3v) is 2.05. The number of carbonyl (C=O) groups excluding carboxylic acids is 1. The Labute approximate surface area is 89.1 Å². The van der Waals surface area contributed by atoms with Crippen LogP contribution in [0.25, 0.3) is 0 Å². The molecule has 0 spiro atoms. The van der Waals surface area contributed by atoms with Gasteiger partial charge >= 0.3 is 5.97 Å². The van der Waals surface area contributed by atoms with Gasteiger partial charge in [-0.1, -0.05) is 31.5 Å². The Bertz CT molecular complexity index is 323. The molecule has 0 aliphatic carbocycles. The summed E-state index contributed by atoms with van der Waals surface area (Å²) in [5.74, 6) is -0.724. The Balaban J connectivity index is 2.41. The molecule has 0 saturated carbocycles. The predicted molar refractivity (Wildman–Crippen MR) is 56.0 cm³/mol. The molecule has 0 fully saturated rings. The molecular weight excluding hydrogens is 195 g/mol.